The molecule has 0 spiro atoms. The predicted octanol–water partition coefficient (Wildman–Crippen LogP) is 7.92. The summed E-state index contributed by atoms with van der Waals surface area (Å²) >= 11 is 28.4. The van der Waals surface area contributed by atoms with E-state index >= 15 is 0 Å². The summed E-state index contributed by atoms with van der Waals surface area (Å²) in [7, 11) is 0. The first kappa shape index (κ1) is 87.1. The van der Waals surface area contributed by atoms with Gasteiger partial charge in [0.25, 0.3) is 35.4 Å². The van der Waals surface area contributed by atoms with Crippen molar-refractivity contribution < 1.29 is 44.3 Å². The molecule has 5 aromatic heterocycles. The summed E-state index contributed by atoms with van der Waals surface area (Å²) in [6.45, 7) is 31.6. The van der Waals surface area contributed by atoms with Crippen LogP contribution in [0, 0.1) is 55.0 Å². The third-order valence-corrected chi connectivity index (χ3v) is 13.7. The number of benzene rings is 2. The monoisotopic (exact) mass is 1450 g/mol. The molecule has 1 atom stereocenters. The molecule has 0 radical (unpaired) electrons. The highest BCUT2D eigenvalue weighted by Gasteiger charge is 2.17. The van der Waals surface area contributed by atoms with E-state index in [0.717, 1.165) is 36.0 Å². The lowest BCUT2D eigenvalue weighted by atomic mass is 10.1. The van der Waals surface area contributed by atoms with Crippen LogP contribution in [0.15, 0.2) is 123 Å². The Labute approximate surface area is 583 Å². The number of nitrogens with one attached hydrogen (secondary N) is 3. The van der Waals surface area contributed by atoms with Crippen molar-refractivity contribution in [3.05, 3.63) is 239 Å². The van der Waals surface area contributed by atoms with Crippen LogP contribution in [0.25, 0.3) is 4.85 Å². The Morgan fingerprint density at radius 1 is 0.567 bits per heavy atom. The zero-order valence-electron chi connectivity index (χ0n) is 54.4. The molecule has 0 saturated heterocycles. The van der Waals surface area contributed by atoms with E-state index in [0.29, 0.717) is 55.5 Å². The van der Waals surface area contributed by atoms with Gasteiger partial charge in [0.2, 0.25) is 0 Å². The van der Waals surface area contributed by atoms with Gasteiger partial charge < -0.3 is 47.1 Å². The Morgan fingerprint density at radius 2 is 0.918 bits per heavy atom. The van der Waals surface area contributed by atoms with Crippen LogP contribution >= 0.6 is 58.0 Å². The van der Waals surface area contributed by atoms with Gasteiger partial charge in [-0.25, -0.2) is 36.8 Å². The number of halogens is 6. The average Bonchev–Trinajstić information content (AvgIpc) is 0.850. The highest BCUT2D eigenvalue weighted by Crippen LogP contribution is 2.16. The molecule has 0 amide bonds. The molecule has 0 fully saturated rings. The summed E-state index contributed by atoms with van der Waals surface area (Å²) in [6.07, 6.45) is 7.76. The molecular formula is C62H78Cl5FN16O13. The number of aromatic nitrogens is 10. The quantitative estimate of drug-likeness (QED) is 0.0258. The van der Waals surface area contributed by atoms with Gasteiger partial charge in [-0.1, -0.05) is 143 Å². The number of allylic oxidation sites excluding steroid dienone is 1. The molecule has 0 saturated carbocycles. The summed E-state index contributed by atoms with van der Waals surface area (Å²) in [6, 6.07) is 15.7. The van der Waals surface area contributed by atoms with Crippen LogP contribution in [0.5, 0.6) is 0 Å². The van der Waals surface area contributed by atoms with Gasteiger partial charge in [-0.3, -0.25) is 71.0 Å². The Bertz CT molecular complexity index is 4190. The number of aliphatic carboxylic acids is 4. The van der Waals surface area contributed by atoms with Gasteiger partial charge in [0, 0.05) is 63.4 Å². The molecular weight excluding hydrogens is 1370 g/mol. The van der Waals surface area contributed by atoms with E-state index < -0.39 is 65.7 Å². The third kappa shape index (κ3) is 31.0. The standard InChI is InChI=1S/C15H16ClN3O3.C15H17N3O3.C8H8Cl2N2O.C7H6Cl2N2O3.C7H9N3O3.C6H10N2.C3H7N.CH4.FH/c1-9-3-5-11(6-4-9)7-17-14-15(22)19(8-12(20)21)10(2)13(16)18-14;1-10-3-5-12(6-4-10)8-17-14-15(21)18(9-13(19)20)11(2)7-16-14;1-3-4-12-5(2)6(9)11-7(10)8(12)13;1-3-5(8)10-6(9)7(14)11(3)2-4(12)13;1-4-2-9-6(8)7(13)10(4)3-5(11)12;1-4-5-8-6(2)7-3;1-2-3-4;;/h3-6H,7-8H2,1-2H3,(H,17,18)(H,20,21);3-7H,8-9H2,1-2H3,(H,16,17)(H,19,20);3H,1,4H2,2H3;2H2,1H3,(H,12,13);2H,3H2,1H3,(H2,8,9)(H,11,12);4,6,8H,1,5H2,2H3;2H,1,3-4H2;1H4;1H/i/hT. The minimum absolute atomic E-state index is 0. The van der Waals surface area contributed by atoms with Crippen LogP contribution in [0.2, 0.25) is 25.8 Å². The van der Waals surface area contributed by atoms with Gasteiger partial charge in [-0.2, -0.15) is 0 Å². The molecule has 7 rings (SSSR count). The maximum Gasteiger partial charge on any atom is 0.323 e. The second-order valence-corrected chi connectivity index (χ2v) is 21.3. The van der Waals surface area contributed by atoms with E-state index in [-0.39, 0.29) is 74.6 Å². The maximum absolute atomic E-state index is 12.3. The van der Waals surface area contributed by atoms with Crippen LogP contribution < -0.4 is 55.2 Å². The number of rotatable bonds is 20. The molecule has 0 aliphatic heterocycles. The van der Waals surface area contributed by atoms with Crippen molar-refractivity contribution >= 4 is 99.3 Å². The second kappa shape index (κ2) is 45.5. The van der Waals surface area contributed by atoms with Crippen LogP contribution in [-0.2, 0) is 65.0 Å². The minimum Gasteiger partial charge on any atom is -0.480 e. The van der Waals surface area contributed by atoms with Crippen molar-refractivity contribution in [2.24, 2.45) is 5.73 Å². The van der Waals surface area contributed by atoms with Crippen LogP contribution in [0.3, 0.4) is 0 Å². The summed E-state index contributed by atoms with van der Waals surface area (Å²) in [5, 5.41) is 43.4. The summed E-state index contributed by atoms with van der Waals surface area (Å²) < 4.78 is 18.7. The molecule has 29 nitrogen and oxygen atoms in total. The number of aryl methyl sites for hydroxylation is 4. The summed E-state index contributed by atoms with van der Waals surface area (Å²) in [4.78, 5) is 123. The van der Waals surface area contributed by atoms with Gasteiger partial charge in [0.05, 0.1) is 17.1 Å². The maximum atomic E-state index is 12.3. The van der Waals surface area contributed by atoms with Crippen LogP contribution in [0.4, 0.5) is 22.2 Å². The fourth-order valence-corrected chi connectivity index (χ4v) is 7.96. The number of hydrogen-bond donors (Lipinski definition) is 9. The zero-order chi connectivity index (χ0) is 74.4. The van der Waals surface area contributed by atoms with E-state index in [2.05, 4.69) is 66.9 Å². The first-order chi connectivity index (χ1) is 45.6. The van der Waals surface area contributed by atoms with Crippen molar-refractivity contribution in [1.29, 1.82) is 1.45 Å². The van der Waals surface area contributed by atoms with E-state index in [4.69, 9.17) is 101 Å². The largest absolute Gasteiger partial charge is 0.480 e. The zero-order valence-corrected chi connectivity index (χ0v) is 57.2. The van der Waals surface area contributed by atoms with Crippen molar-refractivity contribution in [3.63, 3.8) is 0 Å². The number of hydrogen-bond acceptors (Lipinski definition) is 19. The first-order valence-corrected chi connectivity index (χ1v) is 29.6. The molecule has 526 valence electrons. The Hall–Kier alpha value is -9.87. The molecule has 97 heavy (non-hydrogen) atoms. The number of carboxylic acid groups (broad SMARTS) is 4. The first-order valence-electron chi connectivity index (χ1n) is 28.1. The minimum atomic E-state index is -1.14. The Morgan fingerprint density at radius 3 is 1.31 bits per heavy atom. The smallest absolute Gasteiger partial charge is 0.323 e. The molecule has 0 aliphatic carbocycles. The van der Waals surface area contributed by atoms with Gasteiger partial charge >= 0.3 is 23.9 Å². The van der Waals surface area contributed by atoms with Crippen molar-refractivity contribution in [3.8, 4) is 0 Å². The molecule has 7 aromatic rings. The number of nitrogen functional groups attached to an aromatic ring is 1. The number of nitrogens with zero attached hydrogens (tertiary/aromatic N) is 11. The van der Waals surface area contributed by atoms with E-state index in [1.54, 1.807) is 45.9 Å². The predicted molar refractivity (Wildman–Crippen MR) is 376 cm³/mol. The fraction of sp³-hybridized carbons (Fsp3) is 0.306. The normalized spacial score (nSPS) is 10.1. The SMILES string of the molecule is C.C=CCN.C=CCn1c(C)c(Cl)nc(Cl)c1=O.Cc1c(Cl)nc(Cl)c(=O)n1CC(=O)O.Cc1ccc(CNc2nc(Cl)c(C)n(CC(=O)O)c2=O)cc1.Cc1ccc(CNc2ncc(C)n(CC(=O)O)c2=O)cc1.Cc1cnc(N)c(=O)n1CC(=O)O.[3H]F.[C-]#[N+]C(C)NCC=C. The Balaban J connectivity index is 0. The van der Waals surface area contributed by atoms with Gasteiger partial charge in [-0.15, -0.1) is 19.7 Å². The van der Waals surface area contributed by atoms with E-state index in [9.17, 15) is 43.2 Å². The van der Waals surface area contributed by atoms with Gasteiger partial charge in [0.1, 0.15) is 36.5 Å². The topological polar surface area (TPSA) is 416 Å². The van der Waals surface area contributed by atoms with Crippen molar-refractivity contribution in [2.75, 3.05) is 29.5 Å². The van der Waals surface area contributed by atoms with Crippen molar-refractivity contribution in [1.82, 2.24) is 53.1 Å². The highest BCUT2D eigenvalue weighted by atomic mass is 35.5. The molecule has 0 bridgehead atoms. The van der Waals surface area contributed by atoms with Crippen LogP contribution in [0.1, 0.15) is 65.1 Å². The average molecular weight is 1450 g/mol. The lowest BCUT2D eigenvalue weighted by Crippen LogP contribution is -2.29. The Kier molecular flexibility index (Phi) is 40.9. The highest BCUT2D eigenvalue weighted by molar-refractivity contribution is 6.33. The summed E-state index contributed by atoms with van der Waals surface area (Å²) in [5.74, 6) is -4.40. The molecule has 11 N–H and O–H groups in total. The molecule has 2 aromatic carbocycles. The van der Waals surface area contributed by atoms with Gasteiger partial charge in [0.15, 0.2) is 32.9 Å². The second-order valence-electron chi connectivity index (χ2n) is 19.5. The van der Waals surface area contributed by atoms with Gasteiger partial charge in [-0.05, 0) is 59.6 Å². The molecule has 1 unspecified atom stereocenters. The number of anilines is 3. The lowest BCUT2D eigenvalue weighted by molar-refractivity contribution is -0.138. The lowest BCUT2D eigenvalue weighted by Gasteiger charge is -2.12. The molecule has 5 heterocycles. The number of carbonyl (C=O) groups is 4. The number of carboxylic acids is 4. The molecule has 35 heteroatoms. The number of nitrogens with two attached hydrogens (primary N) is 2. The van der Waals surface area contributed by atoms with E-state index in [1.165, 1.54) is 28.5 Å². The van der Waals surface area contributed by atoms with Crippen LogP contribution in [-0.4, -0.2) is 113 Å². The third-order valence-electron chi connectivity index (χ3n) is 12.1. The van der Waals surface area contributed by atoms with E-state index in [1.807, 2.05) is 69.3 Å². The van der Waals surface area contributed by atoms with Crippen molar-refractivity contribution in [2.45, 2.75) is 115 Å². The fourth-order valence-electron chi connectivity index (χ4n) is 6.94. The summed E-state index contributed by atoms with van der Waals surface area (Å²) in [5.41, 5.74) is 14.1. The molecule has 0 aliphatic rings.